The Bertz CT molecular complexity index is 283. The topological polar surface area (TPSA) is 52.6 Å². The summed E-state index contributed by atoms with van der Waals surface area (Å²) in [6.07, 6.45) is 3.07. The summed E-state index contributed by atoms with van der Waals surface area (Å²) in [6, 6.07) is 0. The molecule has 0 aromatic heterocycles. The fourth-order valence-electron chi connectivity index (χ4n) is 3.45. The lowest BCUT2D eigenvalue weighted by atomic mass is 9.79. The van der Waals surface area contributed by atoms with Gasteiger partial charge in [0, 0.05) is 0 Å². The van der Waals surface area contributed by atoms with Gasteiger partial charge in [0.05, 0.1) is 25.0 Å². The van der Waals surface area contributed by atoms with E-state index in [4.69, 9.17) is 9.47 Å². The normalized spacial score (nSPS) is 34.7. The number of esters is 2. The van der Waals surface area contributed by atoms with Crippen molar-refractivity contribution in [2.75, 3.05) is 13.2 Å². The zero-order valence-electron chi connectivity index (χ0n) is 10.5. The quantitative estimate of drug-likeness (QED) is 0.703. The van der Waals surface area contributed by atoms with Gasteiger partial charge in [0.15, 0.2) is 0 Å². The van der Waals surface area contributed by atoms with Crippen molar-refractivity contribution < 1.29 is 19.1 Å². The molecule has 4 nitrogen and oxygen atoms in total. The van der Waals surface area contributed by atoms with Gasteiger partial charge in [0.25, 0.3) is 0 Å². The first-order valence-electron chi connectivity index (χ1n) is 6.52. The fraction of sp³-hybridized carbons (Fsp3) is 0.846. The van der Waals surface area contributed by atoms with Gasteiger partial charge in [-0.25, -0.2) is 0 Å². The maximum absolute atomic E-state index is 11.9. The van der Waals surface area contributed by atoms with Gasteiger partial charge in [0.2, 0.25) is 0 Å². The van der Waals surface area contributed by atoms with Gasteiger partial charge < -0.3 is 9.47 Å². The first-order valence-corrected chi connectivity index (χ1v) is 6.52. The number of carbonyl (C=O) groups excluding carboxylic acids is 2. The van der Waals surface area contributed by atoms with Crippen LogP contribution in [-0.4, -0.2) is 25.2 Å². The molecule has 4 unspecified atom stereocenters. The molecule has 0 amide bonds. The van der Waals surface area contributed by atoms with Gasteiger partial charge >= 0.3 is 11.9 Å². The van der Waals surface area contributed by atoms with Crippen molar-refractivity contribution in [2.24, 2.45) is 23.7 Å². The molecule has 2 aliphatic rings. The van der Waals surface area contributed by atoms with Gasteiger partial charge in [-0.1, -0.05) is 0 Å². The maximum Gasteiger partial charge on any atom is 0.310 e. The second-order valence-corrected chi connectivity index (χ2v) is 4.89. The molecule has 0 spiro atoms. The summed E-state index contributed by atoms with van der Waals surface area (Å²) < 4.78 is 10.2. The molecular weight excluding hydrogens is 220 g/mol. The summed E-state index contributed by atoms with van der Waals surface area (Å²) in [5, 5.41) is 0. The zero-order chi connectivity index (χ0) is 12.4. The molecule has 17 heavy (non-hydrogen) atoms. The molecule has 2 saturated carbocycles. The average molecular weight is 240 g/mol. The molecule has 0 saturated heterocycles. The average Bonchev–Trinajstić information content (AvgIpc) is 2.89. The van der Waals surface area contributed by atoms with Crippen LogP contribution >= 0.6 is 0 Å². The highest BCUT2D eigenvalue weighted by Crippen LogP contribution is 2.53. The van der Waals surface area contributed by atoms with Crippen LogP contribution in [0, 0.1) is 23.7 Å². The van der Waals surface area contributed by atoms with Crippen LogP contribution in [-0.2, 0) is 19.1 Å². The molecule has 2 aliphatic carbocycles. The van der Waals surface area contributed by atoms with Crippen molar-refractivity contribution in [3.05, 3.63) is 0 Å². The molecule has 0 aromatic rings. The summed E-state index contributed by atoms with van der Waals surface area (Å²) in [7, 11) is 0. The molecule has 2 fully saturated rings. The first kappa shape index (κ1) is 12.4. The van der Waals surface area contributed by atoms with Crippen LogP contribution in [0.5, 0.6) is 0 Å². The van der Waals surface area contributed by atoms with Crippen LogP contribution < -0.4 is 0 Å². The fourth-order valence-corrected chi connectivity index (χ4v) is 3.45. The predicted octanol–water partition coefficient (Wildman–Crippen LogP) is 1.77. The van der Waals surface area contributed by atoms with E-state index >= 15 is 0 Å². The minimum Gasteiger partial charge on any atom is -0.466 e. The number of fused-ring (bicyclic) bond motifs is 2. The van der Waals surface area contributed by atoms with E-state index in [0.29, 0.717) is 25.0 Å². The van der Waals surface area contributed by atoms with Crippen LogP contribution in [0.15, 0.2) is 0 Å². The van der Waals surface area contributed by atoms with Crippen LogP contribution in [0.1, 0.15) is 33.1 Å². The van der Waals surface area contributed by atoms with E-state index in [1.165, 1.54) is 0 Å². The highest BCUT2D eigenvalue weighted by molar-refractivity contribution is 5.83. The SMILES string of the molecule is CCOC(=O)C1C2CCC(C2)C1C(=O)OCC. The van der Waals surface area contributed by atoms with Crippen LogP contribution in [0.2, 0.25) is 0 Å². The minimum atomic E-state index is -0.257. The van der Waals surface area contributed by atoms with Gasteiger partial charge in [-0.3, -0.25) is 9.59 Å². The van der Waals surface area contributed by atoms with Crippen LogP contribution in [0.4, 0.5) is 0 Å². The van der Waals surface area contributed by atoms with Crippen LogP contribution in [0.3, 0.4) is 0 Å². The highest BCUT2D eigenvalue weighted by atomic mass is 16.5. The zero-order valence-corrected chi connectivity index (χ0v) is 10.5. The second kappa shape index (κ2) is 5.07. The second-order valence-electron chi connectivity index (χ2n) is 4.89. The van der Waals surface area contributed by atoms with Gasteiger partial charge in [-0.15, -0.1) is 0 Å². The van der Waals surface area contributed by atoms with E-state index in [1.807, 2.05) is 0 Å². The van der Waals surface area contributed by atoms with Crippen molar-refractivity contribution >= 4 is 11.9 Å². The Labute approximate surface area is 102 Å². The van der Waals surface area contributed by atoms with Crippen LogP contribution in [0.25, 0.3) is 0 Å². The summed E-state index contributed by atoms with van der Waals surface area (Å²) in [6.45, 7) is 4.35. The van der Waals surface area contributed by atoms with E-state index in [-0.39, 0.29) is 23.8 Å². The third kappa shape index (κ3) is 2.17. The number of hydrogen-bond acceptors (Lipinski definition) is 4. The van der Waals surface area contributed by atoms with Crippen molar-refractivity contribution in [3.63, 3.8) is 0 Å². The minimum absolute atomic E-state index is 0.210. The Morgan fingerprint density at radius 1 is 0.941 bits per heavy atom. The lowest BCUT2D eigenvalue weighted by Crippen LogP contribution is -2.36. The van der Waals surface area contributed by atoms with E-state index in [0.717, 1.165) is 19.3 Å². The molecule has 0 N–H and O–H groups in total. The Hall–Kier alpha value is -1.06. The summed E-state index contributed by atoms with van der Waals surface area (Å²) in [5.74, 6) is -0.280. The molecule has 96 valence electrons. The molecular formula is C13H20O4. The van der Waals surface area contributed by atoms with E-state index < -0.39 is 0 Å². The molecule has 4 atom stereocenters. The first-order chi connectivity index (χ1) is 8.19. The third-order valence-electron chi connectivity index (χ3n) is 4.03. The van der Waals surface area contributed by atoms with Gasteiger partial charge in [-0.05, 0) is 44.9 Å². The summed E-state index contributed by atoms with van der Waals surface area (Å²) in [4.78, 5) is 23.8. The molecule has 0 heterocycles. The number of ether oxygens (including phenoxy) is 2. The van der Waals surface area contributed by atoms with E-state index in [9.17, 15) is 9.59 Å². The Kier molecular flexibility index (Phi) is 3.69. The van der Waals surface area contributed by atoms with Crippen molar-refractivity contribution in [1.29, 1.82) is 0 Å². The van der Waals surface area contributed by atoms with Crippen molar-refractivity contribution in [1.82, 2.24) is 0 Å². The summed E-state index contributed by atoms with van der Waals surface area (Å²) in [5.41, 5.74) is 0. The Balaban J connectivity index is 2.11. The van der Waals surface area contributed by atoms with Gasteiger partial charge in [-0.2, -0.15) is 0 Å². The lowest BCUT2D eigenvalue weighted by molar-refractivity contribution is -0.162. The smallest absolute Gasteiger partial charge is 0.310 e. The Morgan fingerprint density at radius 3 is 1.71 bits per heavy atom. The molecule has 2 bridgehead atoms. The number of hydrogen-bond donors (Lipinski definition) is 0. The van der Waals surface area contributed by atoms with E-state index in [1.54, 1.807) is 13.8 Å². The lowest BCUT2D eigenvalue weighted by Gasteiger charge is -2.27. The number of rotatable bonds is 4. The largest absolute Gasteiger partial charge is 0.466 e. The summed E-state index contributed by atoms with van der Waals surface area (Å²) >= 11 is 0. The molecule has 2 rings (SSSR count). The monoisotopic (exact) mass is 240 g/mol. The molecule has 0 aliphatic heterocycles. The highest BCUT2D eigenvalue weighted by Gasteiger charge is 2.55. The molecule has 0 radical (unpaired) electrons. The van der Waals surface area contributed by atoms with E-state index in [2.05, 4.69) is 0 Å². The molecule has 0 aromatic carbocycles. The number of carbonyl (C=O) groups is 2. The predicted molar refractivity (Wildman–Crippen MR) is 61.1 cm³/mol. The molecule has 4 heteroatoms. The Morgan fingerprint density at radius 2 is 1.35 bits per heavy atom. The van der Waals surface area contributed by atoms with Crippen molar-refractivity contribution in [2.45, 2.75) is 33.1 Å². The van der Waals surface area contributed by atoms with Crippen molar-refractivity contribution in [3.8, 4) is 0 Å². The standard InChI is InChI=1S/C13H20O4/c1-3-16-12(14)10-8-5-6-9(7-8)11(10)13(15)17-4-2/h8-11H,3-7H2,1-2H3. The van der Waals surface area contributed by atoms with Gasteiger partial charge in [0.1, 0.15) is 0 Å². The maximum atomic E-state index is 11.9. The third-order valence-corrected chi connectivity index (χ3v) is 4.03.